The lowest BCUT2D eigenvalue weighted by atomic mass is 10.1. The van der Waals surface area contributed by atoms with E-state index >= 15 is 0 Å². The number of nitrogens with zero attached hydrogens (tertiary/aromatic N) is 2. The van der Waals surface area contributed by atoms with Crippen LogP contribution in [-0.4, -0.2) is 21.6 Å². The molecule has 0 aliphatic carbocycles. The highest BCUT2D eigenvalue weighted by Crippen LogP contribution is 2.17. The van der Waals surface area contributed by atoms with Crippen LogP contribution in [0.4, 0.5) is 0 Å². The largest absolute Gasteiger partial charge is 0.352 e. The third-order valence-electron chi connectivity index (χ3n) is 4.61. The number of nitrogens with one attached hydrogen (secondary N) is 1. The number of aromatic nitrogens is 2. The van der Waals surface area contributed by atoms with E-state index < -0.39 is 0 Å². The van der Waals surface area contributed by atoms with Gasteiger partial charge in [0.15, 0.2) is 0 Å². The molecule has 0 atom stereocenters. The summed E-state index contributed by atoms with van der Waals surface area (Å²) in [4.78, 5) is 24.5. The van der Waals surface area contributed by atoms with Gasteiger partial charge in [0.1, 0.15) is 0 Å². The summed E-state index contributed by atoms with van der Waals surface area (Å²) in [6.07, 6.45) is 4.76. The maximum atomic E-state index is 12.5. The van der Waals surface area contributed by atoms with Crippen LogP contribution >= 0.6 is 0 Å². The Morgan fingerprint density at radius 2 is 1.81 bits per heavy atom. The number of hydrogen-bond donors (Lipinski definition) is 1. The monoisotopic (exact) mass is 355 g/mol. The van der Waals surface area contributed by atoms with E-state index in [9.17, 15) is 9.59 Å². The van der Waals surface area contributed by atoms with Crippen molar-refractivity contribution in [2.75, 3.05) is 0 Å². The number of hydrogen-bond acceptors (Lipinski definition) is 3. The van der Waals surface area contributed by atoms with E-state index in [-0.39, 0.29) is 24.7 Å². The third-order valence-corrected chi connectivity index (χ3v) is 4.61. The molecule has 140 valence electrons. The maximum Gasteiger partial charge on any atom is 0.247 e. The van der Waals surface area contributed by atoms with Crippen LogP contribution in [0.2, 0.25) is 0 Å². The Labute approximate surface area is 155 Å². The van der Waals surface area contributed by atoms with Crippen LogP contribution in [0.3, 0.4) is 0 Å². The number of benzene rings is 1. The van der Waals surface area contributed by atoms with Crippen molar-refractivity contribution in [3.63, 3.8) is 0 Å². The van der Waals surface area contributed by atoms with E-state index in [2.05, 4.69) is 17.3 Å². The minimum absolute atomic E-state index is 0.119. The van der Waals surface area contributed by atoms with Gasteiger partial charge in [0.25, 0.3) is 0 Å². The highest BCUT2D eigenvalue weighted by molar-refractivity contribution is 5.85. The molecule has 26 heavy (non-hydrogen) atoms. The van der Waals surface area contributed by atoms with E-state index in [1.165, 1.54) is 23.1 Å². The van der Waals surface area contributed by atoms with Crippen molar-refractivity contribution in [3.05, 3.63) is 52.8 Å². The fourth-order valence-corrected chi connectivity index (χ4v) is 3.04. The Morgan fingerprint density at radius 3 is 2.50 bits per heavy atom. The van der Waals surface area contributed by atoms with Crippen molar-refractivity contribution in [1.29, 1.82) is 0 Å². The minimum Gasteiger partial charge on any atom is -0.352 e. The molecule has 5 nitrogen and oxygen atoms in total. The average Bonchev–Trinajstić information content (AvgIpc) is 2.93. The molecule has 0 spiro atoms. The summed E-state index contributed by atoms with van der Waals surface area (Å²) < 4.78 is 1.47. The van der Waals surface area contributed by atoms with Crippen LogP contribution in [0.1, 0.15) is 66.3 Å². The molecule has 0 fully saturated rings. The molecule has 0 bridgehead atoms. The molecule has 5 heteroatoms. The Bertz CT molecular complexity index is 735. The normalized spacial score (nSPS) is 10.7. The Morgan fingerprint density at radius 1 is 1.08 bits per heavy atom. The number of carbonyl (C=O) groups excluding carboxylic acids is 2. The van der Waals surface area contributed by atoms with E-state index in [4.69, 9.17) is 0 Å². The molecule has 1 aromatic carbocycles. The van der Waals surface area contributed by atoms with Gasteiger partial charge in [0.05, 0.1) is 5.69 Å². The molecule has 0 aliphatic heterocycles. The quantitative estimate of drug-likeness (QED) is 0.692. The van der Waals surface area contributed by atoms with Crippen molar-refractivity contribution < 1.29 is 9.59 Å². The van der Waals surface area contributed by atoms with Gasteiger partial charge < -0.3 is 5.32 Å². The fourth-order valence-electron chi connectivity index (χ4n) is 3.04. The highest BCUT2D eigenvalue weighted by Gasteiger charge is 2.17. The van der Waals surface area contributed by atoms with Crippen LogP contribution in [0.15, 0.2) is 30.3 Å². The SMILES string of the molecule is CCCCCc1c(C)nn(C(=O)CCC(=O)NCc2ccccc2)c1C. The molecule has 1 aromatic heterocycles. The lowest BCUT2D eigenvalue weighted by Gasteiger charge is -2.06. The topological polar surface area (TPSA) is 64.0 Å². The van der Waals surface area contributed by atoms with Crippen LogP contribution in [0.5, 0.6) is 0 Å². The predicted octanol–water partition coefficient (Wildman–Crippen LogP) is 3.97. The van der Waals surface area contributed by atoms with E-state index in [0.29, 0.717) is 6.54 Å². The van der Waals surface area contributed by atoms with Gasteiger partial charge in [-0.1, -0.05) is 50.1 Å². The number of unbranched alkanes of at least 4 members (excludes halogenated alkanes) is 2. The summed E-state index contributed by atoms with van der Waals surface area (Å²) in [5, 5.41) is 7.25. The minimum atomic E-state index is -0.123. The fraction of sp³-hybridized carbons (Fsp3) is 0.476. The van der Waals surface area contributed by atoms with Gasteiger partial charge >= 0.3 is 0 Å². The molecule has 0 saturated carbocycles. The summed E-state index contributed by atoms with van der Waals surface area (Å²) in [5.74, 6) is -0.242. The first-order valence-electron chi connectivity index (χ1n) is 9.41. The molecular weight excluding hydrogens is 326 g/mol. The van der Waals surface area contributed by atoms with Crippen molar-refractivity contribution in [1.82, 2.24) is 15.1 Å². The van der Waals surface area contributed by atoms with Gasteiger partial charge in [0.2, 0.25) is 11.8 Å². The Kier molecular flexibility index (Phi) is 7.57. The molecule has 2 rings (SSSR count). The molecule has 1 N–H and O–H groups in total. The molecule has 0 aliphatic rings. The number of rotatable bonds is 9. The molecule has 1 heterocycles. The lowest BCUT2D eigenvalue weighted by Crippen LogP contribution is -2.24. The maximum absolute atomic E-state index is 12.5. The second-order valence-corrected chi connectivity index (χ2v) is 6.67. The first-order valence-corrected chi connectivity index (χ1v) is 9.41. The van der Waals surface area contributed by atoms with Crippen LogP contribution in [-0.2, 0) is 17.8 Å². The number of aryl methyl sites for hydroxylation is 1. The highest BCUT2D eigenvalue weighted by atomic mass is 16.2. The van der Waals surface area contributed by atoms with Crippen molar-refractivity contribution in [2.45, 2.75) is 65.8 Å². The summed E-state index contributed by atoms with van der Waals surface area (Å²) in [7, 11) is 0. The van der Waals surface area contributed by atoms with Crippen LogP contribution in [0, 0.1) is 13.8 Å². The second-order valence-electron chi connectivity index (χ2n) is 6.67. The van der Waals surface area contributed by atoms with Crippen molar-refractivity contribution in [3.8, 4) is 0 Å². The summed E-state index contributed by atoms with van der Waals surface area (Å²) in [5.41, 5.74) is 4.04. The smallest absolute Gasteiger partial charge is 0.247 e. The van der Waals surface area contributed by atoms with Gasteiger partial charge in [-0.15, -0.1) is 0 Å². The van der Waals surface area contributed by atoms with Crippen molar-refractivity contribution >= 4 is 11.8 Å². The molecule has 0 saturated heterocycles. The number of carbonyl (C=O) groups is 2. The first-order chi connectivity index (χ1) is 12.5. The second kappa shape index (κ2) is 9.90. The van der Waals surface area contributed by atoms with Gasteiger partial charge in [-0.3, -0.25) is 9.59 Å². The summed E-state index contributed by atoms with van der Waals surface area (Å²) in [6.45, 7) is 6.55. The third kappa shape index (κ3) is 5.55. The van der Waals surface area contributed by atoms with Gasteiger partial charge in [-0.2, -0.15) is 5.10 Å². The van der Waals surface area contributed by atoms with Crippen LogP contribution < -0.4 is 5.32 Å². The Hall–Kier alpha value is -2.43. The summed E-state index contributed by atoms with van der Waals surface area (Å²) >= 11 is 0. The zero-order valence-electron chi connectivity index (χ0n) is 16.0. The van der Waals surface area contributed by atoms with Gasteiger partial charge in [-0.25, -0.2) is 4.68 Å². The Balaban J connectivity index is 1.85. The van der Waals surface area contributed by atoms with Crippen molar-refractivity contribution in [2.24, 2.45) is 0 Å². The molecular formula is C21H29N3O2. The number of amides is 1. The zero-order valence-corrected chi connectivity index (χ0v) is 16.0. The predicted molar refractivity (Wildman–Crippen MR) is 103 cm³/mol. The van der Waals surface area contributed by atoms with E-state index in [0.717, 1.165) is 29.8 Å². The van der Waals surface area contributed by atoms with E-state index in [1.54, 1.807) is 0 Å². The van der Waals surface area contributed by atoms with E-state index in [1.807, 2.05) is 44.2 Å². The average molecular weight is 355 g/mol. The summed E-state index contributed by atoms with van der Waals surface area (Å²) in [6, 6.07) is 9.73. The van der Waals surface area contributed by atoms with Gasteiger partial charge in [-0.05, 0) is 37.8 Å². The molecule has 0 radical (unpaired) electrons. The molecule has 0 unspecified atom stereocenters. The molecule has 2 aromatic rings. The van der Waals surface area contributed by atoms with Crippen LogP contribution in [0.25, 0.3) is 0 Å². The first kappa shape index (κ1) is 19.9. The van der Waals surface area contributed by atoms with Gasteiger partial charge in [0, 0.05) is 25.1 Å². The zero-order chi connectivity index (χ0) is 18.9. The standard InChI is InChI=1S/C21H29N3O2/c1-4-5-7-12-19-16(2)23-24(17(19)3)21(26)14-13-20(25)22-15-18-10-8-6-9-11-18/h6,8-11H,4-5,7,12-15H2,1-3H3,(H,22,25). The molecule has 1 amide bonds. The lowest BCUT2D eigenvalue weighted by molar-refractivity contribution is -0.121.